The van der Waals surface area contributed by atoms with E-state index in [-0.39, 0.29) is 5.82 Å². The van der Waals surface area contributed by atoms with E-state index >= 15 is 0 Å². The summed E-state index contributed by atoms with van der Waals surface area (Å²) in [5.74, 6) is 0.288. The van der Waals surface area contributed by atoms with Gasteiger partial charge in [-0.2, -0.15) is 0 Å². The molecule has 1 heterocycles. The van der Waals surface area contributed by atoms with Crippen molar-refractivity contribution in [2.24, 2.45) is 0 Å². The molecule has 1 radical (unpaired) electrons. The minimum atomic E-state index is 0.288. The standard InChI is InChI=1S/C8H6N3/c9-8-6-3-1-2-4-7(6)10-5-11-8/h1-5,9H. The lowest BCUT2D eigenvalue weighted by Gasteiger charge is -1.95. The van der Waals surface area contributed by atoms with Gasteiger partial charge in [0.25, 0.3) is 0 Å². The van der Waals surface area contributed by atoms with E-state index in [1.807, 2.05) is 24.3 Å². The van der Waals surface area contributed by atoms with Gasteiger partial charge >= 0.3 is 0 Å². The topological polar surface area (TPSA) is 49.6 Å². The van der Waals surface area contributed by atoms with Gasteiger partial charge in [0.2, 0.25) is 0 Å². The highest BCUT2D eigenvalue weighted by molar-refractivity contribution is 5.86. The van der Waals surface area contributed by atoms with E-state index in [1.165, 1.54) is 6.33 Å². The monoisotopic (exact) mass is 144 g/mol. The lowest BCUT2D eigenvalue weighted by Crippen LogP contribution is -1.83. The zero-order valence-electron chi connectivity index (χ0n) is 5.78. The number of nitrogens with zero attached hydrogens (tertiary/aromatic N) is 2. The Bertz CT molecular complexity index is 378. The first-order valence-corrected chi connectivity index (χ1v) is 3.29. The Morgan fingerprint density at radius 3 is 2.73 bits per heavy atom. The third kappa shape index (κ3) is 0.902. The normalized spacial score (nSPS) is 10.2. The molecule has 0 aliphatic rings. The van der Waals surface area contributed by atoms with Crippen molar-refractivity contribution in [1.82, 2.24) is 15.7 Å². The average molecular weight is 144 g/mol. The van der Waals surface area contributed by atoms with Crippen LogP contribution >= 0.6 is 0 Å². The lowest BCUT2D eigenvalue weighted by molar-refractivity contribution is 1.19. The van der Waals surface area contributed by atoms with Crippen LogP contribution in [0.5, 0.6) is 0 Å². The van der Waals surface area contributed by atoms with E-state index in [1.54, 1.807) is 0 Å². The van der Waals surface area contributed by atoms with E-state index < -0.39 is 0 Å². The van der Waals surface area contributed by atoms with Crippen LogP contribution in [-0.2, 0) is 0 Å². The van der Waals surface area contributed by atoms with Gasteiger partial charge in [0.05, 0.1) is 5.52 Å². The molecule has 3 nitrogen and oxygen atoms in total. The molecule has 53 valence electrons. The second-order valence-electron chi connectivity index (χ2n) is 2.24. The summed E-state index contributed by atoms with van der Waals surface area (Å²) in [6.07, 6.45) is 1.41. The number of hydrogen-bond donors (Lipinski definition) is 0. The molecule has 0 aliphatic carbocycles. The van der Waals surface area contributed by atoms with Crippen LogP contribution in [0, 0.1) is 0 Å². The van der Waals surface area contributed by atoms with Crippen molar-refractivity contribution in [2.75, 3.05) is 0 Å². The molecule has 0 aliphatic heterocycles. The van der Waals surface area contributed by atoms with Gasteiger partial charge in [-0.3, -0.25) is 5.73 Å². The van der Waals surface area contributed by atoms with E-state index in [0.717, 1.165) is 10.9 Å². The van der Waals surface area contributed by atoms with Gasteiger partial charge in [-0.05, 0) is 12.1 Å². The predicted molar refractivity (Wildman–Crippen MR) is 42.3 cm³/mol. The van der Waals surface area contributed by atoms with Gasteiger partial charge in [-0.25, -0.2) is 9.97 Å². The summed E-state index contributed by atoms with van der Waals surface area (Å²) in [5.41, 5.74) is 8.24. The highest BCUT2D eigenvalue weighted by Crippen LogP contribution is 2.15. The van der Waals surface area contributed by atoms with E-state index in [2.05, 4.69) is 9.97 Å². The van der Waals surface area contributed by atoms with E-state index in [4.69, 9.17) is 5.73 Å². The summed E-state index contributed by atoms with van der Waals surface area (Å²) in [5, 5.41) is 0.801. The van der Waals surface area contributed by atoms with Crippen LogP contribution in [-0.4, -0.2) is 9.97 Å². The Morgan fingerprint density at radius 1 is 1.09 bits per heavy atom. The molecule has 0 amide bonds. The first-order chi connectivity index (χ1) is 5.38. The predicted octanol–water partition coefficient (Wildman–Crippen LogP) is 1.54. The maximum absolute atomic E-state index is 7.41. The maximum Gasteiger partial charge on any atom is 0.155 e. The molecular formula is C8H6N3. The van der Waals surface area contributed by atoms with Gasteiger partial charge in [0, 0.05) is 5.39 Å². The molecule has 0 bridgehead atoms. The van der Waals surface area contributed by atoms with Gasteiger partial charge in [0.1, 0.15) is 6.33 Å². The summed E-state index contributed by atoms with van der Waals surface area (Å²) in [4.78, 5) is 7.77. The van der Waals surface area contributed by atoms with Crippen molar-refractivity contribution in [2.45, 2.75) is 0 Å². The van der Waals surface area contributed by atoms with Crippen molar-refractivity contribution >= 4 is 16.7 Å². The zero-order valence-corrected chi connectivity index (χ0v) is 5.78. The number of nitrogens with one attached hydrogen (secondary N) is 1. The summed E-state index contributed by atoms with van der Waals surface area (Å²) in [6, 6.07) is 7.49. The second-order valence-corrected chi connectivity index (χ2v) is 2.24. The van der Waals surface area contributed by atoms with Gasteiger partial charge in [0.15, 0.2) is 5.82 Å². The molecule has 0 saturated carbocycles. The van der Waals surface area contributed by atoms with E-state index in [0.29, 0.717) is 0 Å². The fraction of sp³-hybridized carbons (Fsp3) is 0. The molecule has 1 N–H and O–H groups in total. The fourth-order valence-corrected chi connectivity index (χ4v) is 1.00. The van der Waals surface area contributed by atoms with Crippen molar-refractivity contribution in [3.8, 4) is 0 Å². The second kappa shape index (κ2) is 2.20. The average Bonchev–Trinajstić information content (AvgIpc) is 2.06. The molecule has 0 saturated heterocycles. The number of fused-ring (bicyclic) bond motifs is 1. The third-order valence-electron chi connectivity index (χ3n) is 1.54. The zero-order chi connectivity index (χ0) is 7.68. The molecular weight excluding hydrogens is 138 g/mol. The summed E-state index contributed by atoms with van der Waals surface area (Å²) < 4.78 is 0. The van der Waals surface area contributed by atoms with Crippen molar-refractivity contribution < 1.29 is 0 Å². The van der Waals surface area contributed by atoms with Crippen LogP contribution in [0.4, 0.5) is 5.82 Å². The molecule has 0 spiro atoms. The quantitative estimate of drug-likeness (QED) is 0.563. The molecule has 1 aromatic carbocycles. The first-order valence-electron chi connectivity index (χ1n) is 3.29. The van der Waals surface area contributed by atoms with Crippen LogP contribution in [0.1, 0.15) is 0 Å². The molecule has 11 heavy (non-hydrogen) atoms. The highest BCUT2D eigenvalue weighted by atomic mass is 14.9. The lowest BCUT2D eigenvalue weighted by atomic mass is 10.2. The largest absolute Gasteiger partial charge is 0.282 e. The minimum absolute atomic E-state index is 0.288. The molecule has 0 fully saturated rings. The van der Waals surface area contributed by atoms with E-state index in [9.17, 15) is 0 Å². The molecule has 2 rings (SSSR count). The SMILES string of the molecule is [NH]c1ncnc2ccccc12. The van der Waals surface area contributed by atoms with Gasteiger partial charge in [-0.15, -0.1) is 0 Å². The minimum Gasteiger partial charge on any atom is -0.282 e. The van der Waals surface area contributed by atoms with Crippen molar-refractivity contribution in [1.29, 1.82) is 0 Å². The van der Waals surface area contributed by atoms with Crippen LogP contribution in [0.25, 0.3) is 10.9 Å². The van der Waals surface area contributed by atoms with Gasteiger partial charge < -0.3 is 0 Å². The van der Waals surface area contributed by atoms with Crippen LogP contribution in [0.15, 0.2) is 30.6 Å². The van der Waals surface area contributed by atoms with Gasteiger partial charge in [-0.1, -0.05) is 12.1 Å². The molecule has 0 unspecified atom stereocenters. The Kier molecular flexibility index (Phi) is 1.22. The number of benzene rings is 1. The van der Waals surface area contributed by atoms with Crippen molar-refractivity contribution in [3.05, 3.63) is 30.6 Å². The van der Waals surface area contributed by atoms with Crippen molar-refractivity contribution in [3.63, 3.8) is 0 Å². The number of rotatable bonds is 0. The smallest absolute Gasteiger partial charge is 0.155 e. The highest BCUT2D eigenvalue weighted by Gasteiger charge is 1.96. The Morgan fingerprint density at radius 2 is 1.91 bits per heavy atom. The third-order valence-corrected chi connectivity index (χ3v) is 1.54. The molecule has 0 atom stereocenters. The molecule has 1 aromatic heterocycles. The first kappa shape index (κ1) is 6.09. The summed E-state index contributed by atoms with van der Waals surface area (Å²) >= 11 is 0. The maximum atomic E-state index is 7.41. The van der Waals surface area contributed by atoms with Crippen LogP contribution in [0.3, 0.4) is 0 Å². The molecule has 3 heteroatoms. The molecule has 2 aromatic rings. The summed E-state index contributed by atoms with van der Waals surface area (Å²) in [6.45, 7) is 0. The number of hydrogen-bond acceptors (Lipinski definition) is 2. The van der Waals surface area contributed by atoms with Crippen LogP contribution < -0.4 is 5.73 Å². The number of para-hydroxylation sites is 1. The Hall–Kier alpha value is -1.64. The Balaban J connectivity index is 2.91. The Labute approximate surface area is 63.9 Å². The number of aromatic nitrogens is 2. The summed E-state index contributed by atoms with van der Waals surface area (Å²) in [7, 11) is 0. The van der Waals surface area contributed by atoms with Crippen LogP contribution in [0.2, 0.25) is 0 Å². The fourth-order valence-electron chi connectivity index (χ4n) is 1.00.